The van der Waals surface area contributed by atoms with Crippen LogP contribution in [0.2, 0.25) is 5.02 Å². The van der Waals surface area contributed by atoms with E-state index in [1.54, 1.807) is 6.20 Å². The Kier molecular flexibility index (Phi) is 4.78. The third-order valence-electron chi connectivity index (χ3n) is 5.59. The number of aryl methyl sites for hydroxylation is 1. The van der Waals surface area contributed by atoms with Crippen LogP contribution in [0.4, 0.5) is 0 Å². The number of hydrogen-bond donors (Lipinski definition) is 1. The molecule has 6 heteroatoms. The molecule has 25 heavy (non-hydrogen) atoms. The van der Waals surface area contributed by atoms with E-state index in [4.69, 9.17) is 22.3 Å². The zero-order chi connectivity index (χ0) is 17.4. The lowest BCUT2D eigenvalue weighted by Crippen LogP contribution is -2.27. The van der Waals surface area contributed by atoms with Crippen LogP contribution in [-0.2, 0) is 13.0 Å². The van der Waals surface area contributed by atoms with E-state index < -0.39 is 0 Å². The van der Waals surface area contributed by atoms with Crippen LogP contribution in [0.3, 0.4) is 0 Å². The quantitative estimate of drug-likeness (QED) is 0.882. The molecule has 0 spiro atoms. The van der Waals surface area contributed by atoms with E-state index in [2.05, 4.69) is 14.5 Å². The fourth-order valence-corrected chi connectivity index (χ4v) is 3.97. The van der Waals surface area contributed by atoms with Crippen LogP contribution in [0, 0.1) is 18.8 Å². The molecule has 2 N–H and O–H groups in total. The van der Waals surface area contributed by atoms with Gasteiger partial charge in [0.25, 0.3) is 0 Å². The van der Waals surface area contributed by atoms with Crippen LogP contribution in [-0.4, -0.2) is 25.6 Å². The summed E-state index contributed by atoms with van der Waals surface area (Å²) in [4.78, 5) is 13.8. The summed E-state index contributed by atoms with van der Waals surface area (Å²) in [5.74, 6) is 3.32. The first kappa shape index (κ1) is 17.0. The average molecular weight is 360 g/mol. The lowest BCUT2D eigenvalue weighted by Gasteiger charge is -2.25. The molecule has 0 saturated heterocycles. The van der Waals surface area contributed by atoms with Gasteiger partial charge in [-0.3, -0.25) is 0 Å². The molecule has 2 aromatic heterocycles. The molecule has 2 aliphatic rings. The zero-order valence-corrected chi connectivity index (χ0v) is 15.5. The summed E-state index contributed by atoms with van der Waals surface area (Å²) in [6, 6.07) is 0.373. The fourth-order valence-electron chi connectivity index (χ4n) is 3.78. The molecule has 0 aliphatic heterocycles. The smallest absolute Gasteiger partial charge is 0.129 e. The van der Waals surface area contributed by atoms with Crippen LogP contribution >= 0.6 is 11.6 Å². The summed E-state index contributed by atoms with van der Waals surface area (Å²) in [5.41, 5.74) is 7.85. The third-order valence-corrected chi connectivity index (χ3v) is 5.87. The molecular weight excluding hydrogens is 334 g/mol. The summed E-state index contributed by atoms with van der Waals surface area (Å²) >= 11 is 6.44. The molecule has 0 aromatic carbocycles. The van der Waals surface area contributed by atoms with E-state index in [1.807, 2.05) is 13.1 Å². The van der Waals surface area contributed by atoms with Gasteiger partial charge in [0, 0.05) is 25.2 Å². The van der Waals surface area contributed by atoms with Gasteiger partial charge in [0.05, 0.1) is 16.9 Å². The maximum atomic E-state index is 6.44. The van der Waals surface area contributed by atoms with E-state index >= 15 is 0 Å². The van der Waals surface area contributed by atoms with Gasteiger partial charge in [-0.25, -0.2) is 15.0 Å². The van der Waals surface area contributed by atoms with Gasteiger partial charge in [-0.2, -0.15) is 0 Å². The van der Waals surface area contributed by atoms with Gasteiger partial charge < -0.3 is 10.3 Å². The number of halogens is 1. The minimum atomic E-state index is 0.373. The van der Waals surface area contributed by atoms with Crippen molar-refractivity contribution in [1.82, 2.24) is 19.5 Å². The van der Waals surface area contributed by atoms with E-state index in [-0.39, 0.29) is 0 Å². The molecule has 2 fully saturated rings. The van der Waals surface area contributed by atoms with Gasteiger partial charge in [0.1, 0.15) is 17.3 Å². The largest absolute Gasteiger partial charge is 0.328 e. The fraction of sp³-hybridized carbons (Fsp3) is 0.632. The Morgan fingerprint density at radius 2 is 1.80 bits per heavy atom. The normalized spacial score (nSPS) is 23.8. The molecule has 0 amide bonds. The summed E-state index contributed by atoms with van der Waals surface area (Å²) in [7, 11) is 0. The van der Waals surface area contributed by atoms with Crippen molar-refractivity contribution in [2.75, 3.05) is 0 Å². The van der Waals surface area contributed by atoms with Gasteiger partial charge in [-0.15, -0.1) is 0 Å². The molecule has 0 unspecified atom stereocenters. The molecule has 0 atom stereocenters. The van der Waals surface area contributed by atoms with Crippen LogP contribution in [0.1, 0.15) is 50.2 Å². The molecule has 0 bridgehead atoms. The second-order valence-corrected chi connectivity index (χ2v) is 8.12. The molecule has 134 valence electrons. The van der Waals surface area contributed by atoms with Gasteiger partial charge in [0.15, 0.2) is 0 Å². The summed E-state index contributed by atoms with van der Waals surface area (Å²) in [6.07, 6.45) is 11.7. The minimum Gasteiger partial charge on any atom is -0.328 e. The monoisotopic (exact) mass is 359 g/mol. The first-order chi connectivity index (χ1) is 12.1. The Bertz CT molecular complexity index is 744. The summed E-state index contributed by atoms with van der Waals surface area (Å²) < 4.78 is 2.26. The Labute approximate surface area is 154 Å². The topological polar surface area (TPSA) is 69.6 Å². The van der Waals surface area contributed by atoms with E-state index in [0.29, 0.717) is 17.0 Å². The second kappa shape index (κ2) is 7.04. The lowest BCUT2D eigenvalue weighted by molar-refractivity contribution is 0.321. The molecule has 2 aliphatic carbocycles. The predicted octanol–water partition coefficient (Wildman–Crippen LogP) is 3.77. The van der Waals surface area contributed by atoms with Crippen molar-refractivity contribution >= 4 is 11.6 Å². The Morgan fingerprint density at radius 3 is 2.52 bits per heavy atom. The van der Waals surface area contributed by atoms with Crippen LogP contribution in [0.5, 0.6) is 0 Å². The van der Waals surface area contributed by atoms with Crippen molar-refractivity contribution in [2.24, 2.45) is 17.6 Å². The molecule has 2 saturated carbocycles. The predicted molar refractivity (Wildman–Crippen MR) is 99.4 cm³/mol. The highest BCUT2D eigenvalue weighted by atomic mass is 35.5. The molecule has 0 radical (unpaired) electrons. The Morgan fingerprint density at radius 1 is 1.08 bits per heavy atom. The number of nitrogens with two attached hydrogens (primary N) is 1. The van der Waals surface area contributed by atoms with Crippen molar-refractivity contribution in [3.63, 3.8) is 0 Å². The van der Waals surface area contributed by atoms with E-state index in [1.165, 1.54) is 25.7 Å². The highest BCUT2D eigenvalue weighted by Gasteiger charge is 2.25. The Hall–Kier alpha value is -1.46. The number of rotatable bonds is 5. The van der Waals surface area contributed by atoms with E-state index in [0.717, 1.165) is 54.8 Å². The number of hydrogen-bond acceptors (Lipinski definition) is 4. The highest BCUT2D eigenvalue weighted by Crippen LogP contribution is 2.34. The van der Waals surface area contributed by atoms with Gasteiger partial charge in [-0.05, 0) is 57.3 Å². The number of aromatic nitrogens is 4. The van der Waals surface area contributed by atoms with Gasteiger partial charge in [-0.1, -0.05) is 11.6 Å². The summed E-state index contributed by atoms with van der Waals surface area (Å²) in [6.45, 7) is 3.06. The third kappa shape index (κ3) is 3.87. The highest BCUT2D eigenvalue weighted by molar-refractivity contribution is 6.32. The van der Waals surface area contributed by atoms with Crippen molar-refractivity contribution in [1.29, 1.82) is 0 Å². The first-order valence-electron chi connectivity index (χ1n) is 9.39. The number of imidazole rings is 1. The van der Waals surface area contributed by atoms with Crippen LogP contribution in [0.15, 0.2) is 12.4 Å². The van der Waals surface area contributed by atoms with Crippen LogP contribution < -0.4 is 5.73 Å². The number of nitrogens with zero attached hydrogens (tertiary/aromatic N) is 4. The molecule has 5 nitrogen and oxygen atoms in total. The Balaban J connectivity index is 1.57. The van der Waals surface area contributed by atoms with Gasteiger partial charge >= 0.3 is 0 Å². The van der Waals surface area contributed by atoms with Crippen molar-refractivity contribution in [2.45, 2.75) is 64.5 Å². The van der Waals surface area contributed by atoms with Gasteiger partial charge in [0.2, 0.25) is 0 Å². The maximum Gasteiger partial charge on any atom is 0.129 e. The average Bonchev–Trinajstić information content (AvgIpc) is 3.35. The van der Waals surface area contributed by atoms with Crippen molar-refractivity contribution in [3.8, 4) is 11.4 Å². The summed E-state index contributed by atoms with van der Waals surface area (Å²) in [5, 5.41) is 0.603. The molecule has 4 rings (SSSR count). The zero-order valence-electron chi connectivity index (χ0n) is 14.8. The van der Waals surface area contributed by atoms with Crippen molar-refractivity contribution < 1.29 is 0 Å². The van der Waals surface area contributed by atoms with Crippen LogP contribution in [0.25, 0.3) is 11.4 Å². The maximum absolute atomic E-state index is 6.44. The molecular formula is C19H26ClN5. The lowest BCUT2D eigenvalue weighted by atomic mass is 9.84. The van der Waals surface area contributed by atoms with E-state index in [9.17, 15) is 0 Å². The first-order valence-corrected chi connectivity index (χ1v) is 9.77. The molecule has 2 aromatic rings. The standard InChI is InChI=1S/C19H26ClN5/c1-12-22-10-17(25(12)11-14-2-3-14)19-16(20)9-23-18(24-19)8-13-4-6-15(21)7-5-13/h9-10,13-15H,2-8,11,21H2,1H3. The van der Waals surface area contributed by atoms with Crippen molar-refractivity contribution in [3.05, 3.63) is 29.1 Å². The minimum absolute atomic E-state index is 0.373. The molecule has 2 heterocycles. The second-order valence-electron chi connectivity index (χ2n) is 7.71. The SMILES string of the molecule is Cc1ncc(-c2nc(CC3CCC(N)CC3)ncc2Cl)n1CC1CC1.